The molecule has 4 nitrogen and oxygen atoms in total. The molecule has 1 heterocycles. The van der Waals surface area contributed by atoms with Crippen molar-refractivity contribution < 1.29 is 4.79 Å². The molecule has 0 unspecified atom stereocenters. The lowest BCUT2D eigenvalue weighted by atomic mass is 10.0. The first-order chi connectivity index (χ1) is 11.6. The van der Waals surface area contributed by atoms with Crippen LogP contribution in [0.15, 0.2) is 42.5 Å². The summed E-state index contributed by atoms with van der Waals surface area (Å²) in [5, 5.41) is 3.07. The van der Waals surface area contributed by atoms with Crippen LogP contribution in [0.4, 0.5) is 17.1 Å². The highest BCUT2D eigenvalue weighted by Gasteiger charge is 2.22. The minimum Gasteiger partial charge on any atom is -0.399 e. The highest BCUT2D eigenvalue weighted by atomic mass is 16.1. The standard InChI is InChI=1S/C20H25N3O/c1-14-7-3-4-9-17(14)20(24)22-18-13-16(21)10-11-19(18)23-12-6-5-8-15(23)2/h3-4,7,9-11,13,15H,5-6,8,12,21H2,1-2H3,(H,22,24)/t15-/m1/s1. The van der Waals surface area contributed by atoms with Gasteiger partial charge in [-0.25, -0.2) is 0 Å². The van der Waals surface area contributed by atoms with Crippen molar-refractivity contribution in [1.82, 2.24) is 0 Å². The number of rotatable bonds is 3. The minimum atomic E-state index is -0.0930. The summed E-state index contributed by atoms with van der Waals surface area (Å²) in [5.41, 5.74) is 10.1. The van der Waals surface area contributed by atoms with E-state index in [-0.39, 0.29) is 5.91 Å². The van der Waals surface area contributed by atoms with Crippen LogP contribution in [0.5, 0.6) is 0 Å². The van der Waals surface area contributed by atoms with Crippen LogP contribution in [0.1, 0.15) is 42.1 Å². The Labute approximate surface area is 143 Å². The number of anilines is 3. The van der Waals surface area contributed by atoms with Gasteiger partial charge in [-0.3, -0.25) is 4.79 Å². The van der Waals surface area contributed by atoms with E-state index in [0.717, 1.165) is 23.5 Å². The number of carbonyl (C=O) groups is 1. The summed E-state index contributed by atoms with van der Waals surface area (Å²) in [7, 11) is 0. The zero-order chi connectivity index (χ0) is 17.1. The largest absolute Gasteiger partial charge is 0.399 e. The number of nitrogens with two attached hydrogens (primary N) is 1. The van der Waals surface area contributed by atoms with Crippen LogP contribution in [0.3, 0.4) is 0 Å². The van der Waals surface area contributed by atoms with E-state index in [9.17, 15) is 4.79 Å². The quantitative estimate of drug-likeness (QED) is 0.832. The summed E-state index contributed by atoms with van der Waals surface area (Å²) in [6.45, 7) is 5.20. The Morgan fingerprint density at radius 2 is 2.00 bits per heavy atom. The summed E-state index contributed by atoms with van der Waals surface area (Å²) in [6.07, 6.45) is 3.62. The third-order valence-corrected chi connectivity index (χ3v) is 4.77. The van der Waals surface area contributed by atoms with Crippen LogP contribution in [0, 0.1) is 6.92 Å². The normalized spacial score (nSPS) is 17.6. The molecule has 24 heavy (non-hydrogen) atoms. The third-order valence-electron chi connectivity index (χ3n) is 4.77. The van der Waals surface area contributed by atoms with Gasteiger partial charge in [0.1, 0.15) is 0 Å². The van der Waals surface area contributed by atoms with Crippen molar-refractivity contribution in [2.45, 2.75) is 39.2 Å². The Morgan fingerprint density at radius 1 is 1.21 bits per heavy atom. The van der Waals surface area contributed by atoms with Gasteiger partial charge in [-0.1, -0.05) is 18.2 Å². The molecule has 1 amide bonds. The maximum Gasteiger partial charge on any atom is 0.255 e. The van der Waals surface area contributed by atoms with E-state index < -0.39 is 0 Å². The highest BCUT2D eigenvalue weighted by Crippen LogP contribution is 2.33. The number of amides is 1. The molecule has 126 valence electrons. The van der Waals surface area contributed by atoms with E-state index in [2.05, 4.69) is 17.1 Å². The van der Waals surface area contributed by atoms with E-state index in [0.29, 0.717) is 17.3 Å². The van der Waals surface area contributed by atoms with Gasteiger partial charge in [0, 0.05) is 23.8 Å². The first kappa shape index (κ1) is 16.4. The van der Waals surface area contributed by atoms with Gasteiger partial charge in [0.25, 0.3) is 5.91 Å². The molecule has 3 rings (SSSR count). The number of piperidine rings is 1. The van der Waals surface area contributed by atoms with E-state index in [4.69, 9.17) is 5.73 Å². The SMILES string of the molecule is Cc1ccccc1C(=O)Nc1cc(N)ccc1N1CCCC[C@H]1C. The number of hydrogen-bond acceptors (Lipinski definition) is 3. The van der Waals surface area contributed by atoms with Crippen LogP contribution in [0.25, 0.3) is 0 Å². The van der Waals surface area contributed by atoms with Crippen LogP contribution >= 0.6 is 0 Å². The van der Waals surface area contributed by atoms with E-state index in [1.165, 1.54) is 19.3 Å². The fraction of sp³-hybridized carbons (Fsp3) is 0.350. The molecular weight excluding hydrogens is 298 g/mol. The van der Waals surface area contributed by atoms with Crippen LogP contribution in [0.2, 0.25) is 0 Å². The van der Waals surface area contributed by atoms with Gasteiger partial charge in [0.15, 0.2) is 0 Å². The van der Waals surface area contributed by atoms with E-state index in [1.54, 1.807) is 0 Å². The molecule has 0 aliphatic carbocycles. The number of benzene rings is 2. The lowest BCUT2D eigenvalue weighted by molar-refractivity contribution is 0.102. The van der Waals surface area contributed by atoms with Crippen LogP contribution < -0.4 is 16.0 Å². The van der Waals surface area contributed by atoms with Gasteiger partial charge in [-0.2, -0.15) is 0 Å². The Morgan fingerprint density at radius 3 is 2.75 bits per heavy atom. The minimum absolute atomic E-state index is 0.0930. The molecule has 0 saturated carbocycles. The smallest absolute Gasteiger partial charge is 0.255 e. The van der Waals surface area contributed by atoms with Gasteiger partial charge in [-0.15, -0.1) is 0 Å². The van der Waals surface area contributed by atoms with E-state index in [1.807, 2.05) is 49.4 Å². The topological polar surface area (TPSA) is 58.4 Å². The average molecular weight is 323 g/mol. The zero-order valence-corrected chi connectivity index (χ0v) is 14.4. The van der Waals surface area contributed by atoms with Crippen molar-refractivity contribution in [3.8, 4) is 0 Å². The second-order valence-electron chi connectivity index (χ2n) is 6.58. The Hall–Kier alpha value is -2.49. The predicted molar refractivity (Wildman–Crippen MR) is 101 cm³/mol. The number of nitrogen functional groups attached to an aromatic ring is 1. The van der Waals surface area contributed by atoms with Crippen molar-refractivity contribution in [2.75, 3.05) is 22.5 Å². The van der Waals surface area contributed by atoms with Crippen molar-refractivity contribution >= 4 is 23.0 Å². The third kappa shape index (κ3) is 3.37. The molecule has 1 atom stereocenters. The predicted octanol–water partition coefficient (Wildman–Crippen LogP) is 4.21. The highest BCUT2D eigenvalue weighted by molar-refractivity contribution is 6.07. The number of carbonyl (C=O) groups excluding carboxylic acids is 1. The fourth-order valence-corrected chi connectivity index (χ4v) is 3.38. The first-order valence-electron chi connectivity index (χ1n) is 8.59. The number of nitrogens with one attached hydrogen (secondary N) is 1. The van der Waals surface area contributed by atoms with Crippen molar-refractivity contribution in [1.29, 1.82) is 0 Å². The Bertz CT molecular complexity index is 741. The van der Waals surface area contributed by atoms with Gasteiger partial charge in [0.2, 0.25) is 0 Å². The van der Waals surface area contributed by atoms with Gasteiger partial charge < -0.3 is 16.0 Å². The zero-order valence-electron chi connectivity index (χ0n) is 14.4. The van der Waals surface area contributed by atoms with Crippen LogP contribution in [-0.4, -0.2) is 18.5 Å². The second kappa shape index (κ2) is 6.95. The van der Waals surface area contributed by atoms with Gasteiger partial charge in [-0.05, 0) is 62.9 Å². The monoisotopic (exact) mass is 323 g/mol. The molecule has 0 radical (unpaired) electrons. The molecular formula is C20H25N3O. The maximum absolute atomic E-state index is 12.7. The van der Waals surface area contributed by atoms with Crippen molar-refractivity contribution in [3.63, 3.8) is 0 Å². The summed E-state index contributed by atoms with van der Waals surface area (Å²) in [5.74, 6) is -0.0930. The fourth-order valence-electron chi connectivity index (χ4n) is 3.38. The van der Waals surface area contributed by atoms with Gasteiger partial charge >= 0.3 is 0 Å². The summed E-state index contributed by atoms with van der Waals surface area (Å²) in [4.78, 5) is 15.1. The molecule has 4 heteroatoms. The lowest BCUT2D eigenvalue weighted by Gasteiger charge is -2.36. The van der Waals surface area contributed by atoms with E-state index >= 15 is 0 Å². The molecule has 1 saturated heterocycles. The maximum atomic E-state index is 12.7. The molecule has 1 aliphatic heterocycles. The molecule has 3 N–H and O–H groups in total. The molecule has 0 aromatic heterocycles. The number of nitrogens with zero attached hydrogens (tertiary/aromatic N) is 1. The molecule has 2 aromatic carbocycles. The van der Waals surface area contributed by atoms with Crippen molar-refractivity contribution in [2.24, 2.45) is 0 Å². The number of hydrogen-bond donors (Lipinski definition) is 2. The number of aryl methyl sites for hydroxylation is 1. The summed E-state index contributed by atoms with van der Waals surface area (Å²) < 4.78 is 0. The molecule has 2 aromatic rings. The molecule has 0 bridgehead atoms. The molecule has 1 aliphatic rings. The molecule has 0 spiro atoms. The van der Waals surface area contributed by atoms with Crippen LogP contribution in [-0.2, 0) is 0 Å². The lowest BCUT2D eigenvalue weighted by Crippen LogP contribution is -2.38. The summed E-state index contributed by atoms with van der Waals surface area (Å²) >= 11 is 0. The molecule has 1 fully saturated rings. The van der Waals surface area contributed by atoms with Crippen molar-refractivity contribution in [3.05, 3.63) is 53.6 Å². The Kier molecular flexibility index (Phi) is 4.74. The Balaban J connectivity index is 1.91. The second-order valence-corrected chi connectivity index (χ2v) is 6.58. The average Bonchev–Trinajstić information content (AvgIpc) is 2.56. The van der Waals surface area contributed by atoms with Gasteiger partial charge in [0.05, 0.1) is 11.4 Å². The summed E-state index contributed by atoms with van der Waals surface area (Å²) in [6, 6.07) is 13.9. The first-order valence-corrected chi connectivity index (χ1v) is 8.59.